The van der Waals surface area contributed by atoms with E-state index in [-0.39, 0.29) is 5.82 Å². The summed E-state index contributed by atoms with van der Waals surface area (Å²) in [5.41, 5.74) is 5.04. The Morgan fingerprint density at radius 2 is 2.05 bits per heavy atom. The summed E-state index contributed by atoms with van der Waals surface area (Å²) in [4.78, 5) is 4.06. The largest absolute Gasteiger partial charge is 0.344 e. The molecule has 0 spiro atoms. The zero-order valence-electron chi connectivity index (χ0n) is 12.3. The lowest BCUT2D eigenvalue weighted by Crippen LogP contribution is -2.24. The Morgan fingerprint density at radius 1 is 1.18 bits per heavy atom. The molecule has 3 heterocycles. The molecule has 1 aliphatic rings. The number of rotatable bonds is 3. The molecule has 0 aliphatic carbocycles. The first-order valence-electron chi connectivity index (χ1n) is 7.72. The van der Waals surface area contributed by atoms with Crippen molar-refractivity contribution in [3.63, 3.8) is 0 Å². The van der Waals surface area contributed by atoms with E-state index in [4.69, 9.17) is 0 Å². The Bertz CT molecular complexity index is 808. The molecule has 0 atom stereocenters. The van der Waals surface area contributed by atoms with E-state index in [1.54, 1.807) is 12.1 Å². The molecule has 0 saturated carbocycles. The fourth-order valence-electron chi connectivity index (χ4n) is 3.40. The summed E-state index contributed by atoms with van der Waals surface area (Å²) in [5, 5.41) is 4.45. The Morgan fingerprint density at radius 3 is 2.91 bits per heavy atom. The molecule has 4 rings (SSSR count). The van der Waals surface area contributed by atoms with Gasteiger partial charge in [-0.15, -0.1) is 0 Å². The lowest BCUT2D eigenvalue weighted by atomic mass is 10.1. The molecule has 1 aliphatic heterocycles. The monoisotopic (exact) mass is 295 g/mol. The number of hydrogen-bond donors (Lipinski definition) is 1. The third-order valence-electron chi connectivity index (χ3n) is 4.46. The molecule has 0 saturated heterocycles. The molecule has 2 aromatic heterocycles. The van der Waals surface area contributed by atoms with E-state index in [0.29, 0.717) is 0 Å². The number of aromatic nitrogens is 2. The van der Waals surface area contributed by atoms with Crippen molar-refractivity contribution >= 4 is 10.9 Å². The van der Waals surface area contributed by atoms with Crippen LogP contribution in [0.5, 0.6) is 0 Å². The van der Waals surface area contributed by atoms with Crippen molar-refractivity contribution in [2.45, 2.75) is 25.9 Å². The summed E-state index contributed by atoms with van der Waals surface area (Å²) in [7, 11) is 0. The normalized spacial score (nSPS) is 14.2. The van der Waals surface area contributed by atoms with Gasteiger partial charge in [-0.1, -0.05) is 0 Å². The van der Waals surface area contributed by atoms with Crippen LogP contribution in [0.25, 0.3) is 10.9 Å². The van der Waals surface area contributed by atoms with Crippen LogP contribution in [-0.4, -0.2) is 16.1 Å². The van der Waals surface area contributed by atoms with E-state index >= 15 is 0 Å². The van der Waals surface area contributed by atoms with Crippen LogP contribution >= 0.6 is 0 Å². The van der Waals surface area contributed by atoms with Gasteiger partial charge in [0.2, 0.25) is 0 Å². The van der Waals surface area contributed by atoms with Crippen LogP contribution in [0.1, 0.15) is 16.8 Å². The van der Waals surface area contributed by atoms with Crippen LogP contribution in [0.2, 0.25) is 0 Å². The topological polar surface area (TPSA) is 29.9 Å². The molecule has 0 amide bonds. The van der Waals surface area contributed by atoms with Crippen LogP contribution in [0, 0.1) is 5.82 Å². The molecule has 3 nitrogen and oxygen atoms in total. The van der Waals surface area contributed by atoms with Gasteiger partial charge in [-0.3, -0.25) is 4.98 Å². The lowest BCUT2D eigenvalue weighted by Gasteiger charge is -2.17. The minimum atomic E-state index is -0.160. The molecule has 0 fully saturated rings. The predicted molar refractivity (Wildman–Crippen MR) is 85.2 cm³/mol. The van der Waals surface area contributed by atoms with Gasteiger partial charge < -0.3 is 9.88 Å². The standard InChI is InChI=1S/C18H18FN3/c19-14-1-2-17-15(11-14)16-12-21-9-5-18(16)22(17)10-6-13-3-7-20-8-4-13/h1-4,7-8,11,21H,5-6,9-10,12H2. The van der Waals surface area contributed by atoms with Crippen molar-refractivity contribution in [2.24, 2.45) is 0 Å². The highest BCUT2D eigenvalue weighted by molar-refractivity contribution is 5.86. The molecule has 0 bridgehead atoms. The number of benzene rings is 1. The Balaban J connectivity index is 1.76. The molecule has 3 aromatic rings. The maximum absolute atomic E-state index is 13.6. The van der Waals surface area contributed by atoms with E-state index < -0.39 is 0 Å². The average molecular weight is 295 g/mol. The number of nitrogens with zero attached hydrogens (tertiary/aromatic N) is 2. The molecule has 112 valence electrons. The van der Waals surface area contributed by atoms with Crippen LogP contribution < -0.4 is 5.32 Å². The third kappa shape index (κ3) is 2.29. The first-order valence-corrected chi connectivity index (χ1v) is 7.72. The number of pyridine rings is 1. The van der Waals surface area contributed by atoms with Crippen molar-refractivity contribution in [3.05, 3.63) is 65.4 Å². The second kappa shape index (κ2) is 5.54. The highest BCUT2D eigenvalue weighted by Crippen LogP contribution is 2.29. The van der Waals surface area contributed by atoms with Crippen LogP contribution in [0.3, 0.4) is 0 Å². The molecule has 22 heavy (non-hydrogen) atoms. The second-order valence-electron chi connectivity index (χ2n) is 5.77. The molecule has 1 N–H and O–H groups in total. The fraction of sp³-hybridized carbons (Fsp3) is 0.278. The number of aryl methyl sites for hydroxylation is 2. The van der Waals surface area contributed by atoms with E-state index in [2.05, 4.69) is 27.0 Å². The van der Waals surface area contributed by atoms with Gasteiger partial charge in [0.15, 0.2) is 0 Å². The van der Waals surface area contributed by atoms with E-state index in [1.165, 1.54) is 16.8 Å². The Labute approximate surface area is 128 Å². The summed E-state index contributed by atoms with van der Waals surface area (Å²) in [6.07, 6.45) is 5.63. The van der Waals surface area contributed by atoms with Crippen LogP contribution in [-0.2, 0) is 25.9 Å². The van der Waals surface area contributed by atoms with Gasteiger partial charge in [-0.05, 0) is 47.9 Å². The Kier molecular flexibility index (Phi) is 3.39. The first-order chi connectivity index (χ1) is 10.8. The summed E-state index contributed by atoms with van der Waals surface area (Å²) >= 11 is 0. The zero-order valence-corrected chi connectivity index (χ0v) is 12.3. The molecule has 0 unspecified atom stereocenters. The van der Waals surface area contributed by atoms with Crippen molar-refractivity contribution in [1.29, 1.82) is 0 Å². The smallest absolute Gasteiger partial charge is 0.123 e. The van der Waals surface area contributed by atoms with Gasteiger partial charge in [0.05, 0.1) is 0 Å². The van der Waals surface area contributed by atoms with Gasteiger partial charge in [0.1, 0.15) is 5.82 Å². The molecule has 0 radical (unpaired) electrons. The van der Waals surface area contributed by atoms with E-state index in [1.807, 2.05) is 18.5 Å². The maximum atomic E-state index is 13.6. The fourth-order valence-corrected chi connectivity index (χ4v) is 3.40. The van der Waals surface area contributed by atoms with Crippen molar-refractivity contribution in [2.75, 3.05) is 6.54 Å². The number of nitrogens with one attached hydrogen (secondary N) is 1. The number of fused-ring (bicyclic) bond motifs is 3. The van der Waals surface area contributed by atoms with Gasteiger partial charge >= 0.3 is 0 Å². The highest BCUT2D eigenvalue weighted by atomic mass is 19.1. The van der Waals surface area contributed by atoms with E-state index in [0.717, 1.165) is 43.4 Å². The SMILES string of the molecule is Fc1ccc2c(c1)c1c(n2CCc2ccncc2)CCNC1. The maximum Gasteiger partial charge on any atom is 0.123 e. The van der Waals surface area contributed by atoms with E-state index in [9.17, 15) is 4.39 Å². The van der Waals surface area contributed by atoms with Crippen LogP contribution in [0.4, 0.5) is 4.39 Å². The van der Waals surface area contributed by atoms with Gasteiger partial charge in [-0.25, -0.2) is 4.39 Å². The highest BCUT2D eigenvalue weighted by Gasteiger charge is 2.19. The zero-order chi connectivity index (χ0) is 14.9. The first kappa shape index (κ1) is 13.5. The average Bonchev–Trinajstić information content (AvgIpc) is 2.87. The Hall–Kier alpha value is -2.20. The van der Waals surface area contributed by atoms with Crippen LogP contribution in [0.15, 0.2) is 42.7 Å². The minimum Gasteiger partial charge on any atom is -0.344 e. The summed E-state index contributed by atoms with van der Waals surface area (Å²) in [6, 6.07) is 9.25. The molecular weight excluding hydrogens is 277 g/mol. The predicted octanol–water partition coefficient (Wildman–Crippen LogP) is 3.06. The lowest BCUT2D eigenvalue weighted by molar-refractivity contribution is 0.594. The van der Waals surface area contributed by atoms with Gasteiger partial charge in [0, 0.05) is 55.0 Å². The van der Waals surface area contributed by atoms with Gasteiger partial charge in [-0.2, -0.15) is 0 Å². The second-order valence-corrected chi connectivity index (χ2v) is 5.77. The minimum absolute atomic E-state index is 0.160. The summed E-state index contributed by atoms with van der Waals surface area (Å²) in [5.74, 6) is -0.160. The van der Waals surface area contributed by atoms with Crippen molar-refractivity contribution < 1.29 is 4.39 Å². The summed E-state index contributed by atoms with van der Waals surface area (Å²) < 4.78 is 16.0. The number of halogens is 1. The number of hydrogen-bond acceptors (Lipinski definition) is 2. The molecule has 4 heteroatoms. The van der Waals surface area contributed by atoms with Crippen molar-refractivity contribution in [1.82, 2.24) is 14.9 Å². The third-order valence-corrected chi connectivity index (χ3v) is 4.46. The van der Waals surface area contributed by atoms with Crippen molar-refractivity contribution in [3.8, 4) is 0 Å². The van der Waals surface area contributed by atoms with Gasteiger partial charge in [0.25, 0.3) is 0 Å². The quantitative estimate of drug-likeness (QED) is 0.805. The summed E-state index contributed by atoms with van der Waals surface area (Å²) in [6.45, 7) is 2.74. The molecular formula is C18H18FN3. The molecule has 1 aromatic carbocycles.